The summed E-state index contributed by atoms with van der Waals surface area (Å²) in [5.41, 5.74) is -2.61. The lowest BCUT2D eigenvalue weighted by molar-refractivity contribution is -0.143. The van der Waals surface area contributed by atoms with Crippen molar-refractivity contribution in [1.82, 2.24) is 5.32 Å². The number of hydrogen-bond donors (Lipinski definition) is 3. The first-order valence-corrected chi connectivity index (χ1v) is 8.83. The highest BCUT2D eigenvalue weighted by atomic mass is 31.2. The number of para-hydroxylation sites is 2. The topological polar surface area (TPSA) is 114 Å². The number of hydrogen-bond acceptors (Lipinski definition) is 6. The van der Waals surface area contributed by atoms with E-state index in [-0.39, 0.29) is 11.5 Å². The van der Waals surface area contributed by atoms with Gasteiger partial charge in [-0.3, -0.25) is 4.79 Å². The molecule has 2 aromatic carbocycles. The van der Waals surface area contributed by atoms with Crippen LogP contribution in [-0.2, 0) is 14.1 Å². The van der Waals surface area contributed by atoms with Crippen molar-refractivity contribution in [2.24, 2.45) is 0 Å². The van der Waals surface area contributed by atoms with Crippen molar-refractivity contribution in [3.05, 3.63) is 60.7 Å². The van der Waals surface area contributed by atoms with E-state index in [1.54, 1.807) is 36.4 Å². The monoisotopic (exact) mass is 367 g/mol. The minimum atomic E-state index is -5.07. The standard InChI is InChI=1S/C16H18NO7P/c1-22-15(18)12-17-16(25(19,20)21,23-13-8-4-2-5-9-13)24-14-10-6-3-7-11-14/h2-11,17H,12H2,1H3,(H2,19,20,21). The molecule has 0 spiro atoms. The Morgan fingerprint density at radius 2 is 1.44 bits per heavy atom. The van der Waals surface area contributed by atoms with Crippen LogP contribution in [0.5, 0.6) is 11.5 Å². The van der Waals surface area contributed by atoms with Crippen LogP contribution in [0.2, 0.25) is 0 Å². The fraction of sp³-hybridized carbons (Fsp3) is 0.188. The van der Waals surface area contributed by atoms with Gasteiger partial charge in [-0.2, -0.15) is 0 Å². The SMILES string of the molecule is COC(=O)CNC(Oc1ccccc1)(Oc1ccccc1)P(=O)(O)O. The minimum Gasteiger partial charge on any atom is -0.468 e. The molecule has 0 saturated heterocycles. The van der Waals surface area contributed by atoms with Crippen LogP contribution >= 0.6 is 7.60 Å². The Labute approximate surface area is 144 Å². The van der Waals surface area contributed by atoms with Gasteiger partial charge in [-0.1, -0.05) is 36.4 Å². The van der Waals surface area contributed by atoms with Crippen LogP contribution in [0, 0.1) is 0 Å². The summed E-state index contributed by atoms with van der Waals surface area (Å²) in [6.45, 7) is -0.540. The Morgan fingerprint density at radius 3 is 1.80 bits per heavy atom. The molecule has 0 bridgehead atoms. The normalized spacial score (nSPS) is 11.6. The molecule has 0 aliphatic carbocycles. The molecule has 0 unspecified atom stereocenters. The molecule has 0 fully saturated rings. The maximum absolute atomic E-state index is 12.2. The van der Waals surface area contributed by atoms with Gasteiger partial charge in [0.15, 0.2) is 0 Å². The van der Waals surface area contributed by atoms with Gasteiger partial charge in [-0.25, -0.2) is 9.88 Å². The van der Waals surface area contributed by atoms with Crippen molar-refractivity contribution in [1.29, 1.82) is 0 Å². The smallest absolute Gasteiger partial charge is 0.428 e. The Balaban J connectivity index is 2.41. The van der Waals surface area contributed by atoms with E-state index in [4.69, 9.17) is 9.47 Å². The fourth-order valence-corrected chi connectivity index (χ4v) is 2.60. The van der Waals surface area contributed by atoms with Gasteiger partial charge in [0.2, 0.25) is 0 Å². The molecule has 25 heavy (non-hydrogen) atoms. The third-order valence-corrected chi connectivity index (χ3v) is 4.17. The van der Waals surface area contributed by atoms with E-state index in [2.05, 4.69) is 10.1 Å². The molecule has 0 aliphatic heterocycles. The number of carbonyl (C=O) groups excluding carboxylic acids is 1. The maximum atomic E-state index is 12.2. The molecule has 0 amide bonds. The predicted octanol–water partition coefficient (Wildman–Crippen LogP) is 1.70. The molecule has 8 nitrogen and oxygen atoms in total. The van der Waals surface area contributed by atoms with E-state index in [0.29, 0.717) is 0 Å². The van der Waals surface area contributed by atoms with Gasteiger partial charge in [0.1, 0.15) is 18.0 Å². The number of nitrogens with one attached hydrogen (secondary N) is 1. The van der Waals surface area contributed by atoms with Gasteiger partial charge in [0, 0.05) is 0 Å². The van der Waals surface area contributed by atoms with E-state index in [1.807, 2.05) is 0 Å². The minimum absolute atomic E-state index is 0.138. The third-order valence-electron chi connectivity index (χ3n) is 3.07. The summed E-state index contributed by atoms with van der Waals surface area (Å²) < 4.78 is 27.6. The highest BCUT2D eigenvalue weighted by Gasteiger charge is 2.54. The average Bonchev–Trinajstić information content (AvgIpc) is 2.60. The molecule has 9 heteroatoms. The summed E-state index contributed by atoms with van der Waals surface area (Å²) >= 11 is 0. The zero-order chi connectivity index (χ0) is 18.3. The quantitative estimate of drug-likeness (QED) is 0.367. The van der Waals surface area contributed by atoms with Crippen LogP contribution in [0.15, 0.2) is 60.7 Å². The zero-order valence-corrected chi connectivity index (χ0v) is 14.3. The predicted molar refractivity (Wildman–Crippen MR) is 88.9 cm³/mol. The van der Waals surface area contributed by atoms with Crippen LogP contribution in [0.3, 0.4) is 0 Å². The molecule has 3 N–H and O–H groups in total. The summed E-state index contributed by atoms with van der Waals surface area (Å²) in [6, 6.07) is 15.9. The highest BCUT2D eigenvalue weighted by Crippen LogP contribution is 2.50. The van der Waals surface area contributed by atoms with Crippen molar-refractivity contribution < 1.29 is 33.4 Å². The van der Waals surface area contributed by atoms with Crippen molar-refractivity contribution >= 4 is 13.6 Å². The largest absolute Gasteiger partial charge is 0.468 e. The molecule has 0 aromatic heterocycles. The Hall–Kier alpha value is -2.38. The number of methoxy groups -OCH3 is 1. The number of benzene rings is 2. The third kappa shape index (κ3) is 5.04. The molecule has 134 valence electrons. The van der Waals surface area contributed by atoms with Crippen molar-refractivity contribution in [2.75, 3.05) is 13.7 Å². The van der Waals surface area contributed by atoms with Crippen LogP contribution in [-0.4, -0.2) is 35.1 Å². The summed E-state index contributed by atoms with van der Waals surface area (Å²) in [6.07, 6.45) is 0. The Bertz CT molecular complexity index is 691. The molecule has 2 rings (SSSR count). The number of rotatable bonds is 8. The van der Waals surface area contributed by atoms with Gasteiger partial charge in [0.25, 0.3) is 0 Å². The summed E-state index contributed by atoms with van der Waals surface area (Å²) in [5, 5.41) is 2.34. The molecule has 0 heterocycles. The molecule has 2 aromatic rings. The van der Waals surface area contributed by atoms with Gasteiger partial charge >= 0.3 is 19.2 Å². The number of ether oxygens (including phenoxy) is 3. The van der Waals surface area contributed by atoms with Crippen LogP contribution in [0.1, 0.15) is 0 Å². The van der Waals surface area contributed by atoms with E-state index in [9.17, 15) is 19.1 Å². The second kappa shape index (κ2) is 8.13. The van der Waals surface area contributed by atoms with Gasteiger partial charge < -0.3 is 24.0 Å². The molecular weight excluding hydrogens is 349 g/mol. The van der Waals surface area contributed by atoms with E-state index in [1.165, 1.54) is 24.3 Å². The first-order chi connectivity index (χ1) is 11.9. The summed E-state index contributed by atoms with van der Waals surface area (Å²) in [5.74, 6) is -0.468. The lowest BCUT2D eigenvalue weighted by atomic mass is 10.3. The van der Waals surface area contributed by atoms with Gasteiger partial charge in [0.05, 0.1) is 7.11 Å². The maximum Gasteiger partial charge on any atom is 0.428 e. The van der Waals surface area contributed by atoms with Crippen molar-refractivity contribution in [3.8, 4) is 11.5 Å². The van der Waals surface area contributed by atoms with Crippen LogP contribution < -0.4 is 14.8 Å². The highest BCUT2D eigenvalue weighted by molar-refractivity contribution is 7.53. The lowest BCUT2D eigenvalue weighted by Gasteiger charge is -2.34. The second-order valence-corrected chi connectivity index (χ2v) is 6.56. The molecule has 0 aliphatic rings. The van der Waals surface area contributed by atoms with Gasteiger partial charge in [-0.15, -0.1) is 0 Å². The zero-order valence-electron chi connectivity index (χ0n) is 13.4. The number of esters is 1. The first-order valence-electron chi connectivity index (χ1n) is 7.22. The fourth-order valence-electron chi connectivity index (χ4n) is 1.87. The van der Waals surface area contributed by atoms with E-state index < -0.39 is 25.8 Å². The Kier molecular flexibility index (Phi) is 6.17. The molecule has 0 radical (unpaired) electrons. The average molecular weight is 367 g/mol. The van der Waals surface area contributed by atoms with Crippen molar-refractivity contribution in [3.63, 3.8) is 0 Å². The lowest BCUT2D eigenvalue weighted by Crippen LogP contribution is -2.56. The van der Waals surface area contributed by atoms with Gasteiger partial charge in [-0.05, 0) is 24.3 Å². The number of carbonyl (C=O) groups is 1. The first kappa shape index (κ1) is 19.0. The summed E-state index contributed by atoms with van der Waals surface area (Å²) in [7, 11) is -3.92. The Morgan fingerprint density at radius 1 is 1.00 bits per heavy atom. The molecule has 0 saturated carbocycles. The molecule has 0 atom stereocenters. The van der Waals surface area contributed by atoms with Crippen molar-refractivity contribution in [2.45, 2.75) is 5.65 Å². The second-order valence-electron chi connectivity index (χ2n) is 4.89. The molecular formula is C16H18NO7P. The van der Waals surface area contributed by atoms with E-state index >= 15 is 0 Å². The summed E-state index contributed by atoms with van der Waals surface area (Å²) in [4.78, 5) is 31.2. The van der Waals surface area contributed by atoms with Crippen LogP contribution in [0.25, 0.3) is 0 Å². The van der Waals surface area contributed by atoms with E-state index in [0.717, 1.165) is 7.11 Å². The van der Waals surface area contributed by atoms with Crippen LogP contribution in [0.4, 0.5) is 0 Å².